The Morgan fingerprint density at radius 1 is 1.18 bits per heavy atom. The van der Waals surface area contributed by atoms with Gasteiger partial charge in [-0.3, -0.25) is 4.79 Å². The molecule has 0 radical (unpaired) electrons. The number of nitrogens with one attached hydrogen (secondary N) is 1. The molecule has 146 valence electrons. The highest BCUT2D eigenvalue weighted by molar-refractivity contribution is 8.00. The van der Waals surface area contributed by atoms with Crippen LogP contribution in [0.25, 0.3) is 11.5 Å². The highest BCUT2D eigenvalue weighted by Crippen LogP contribution is 2.34. The summed E-state index contributed by atoms with van der Waals surface area (Å²) in [4.78, 5) is 12.3. The number of carbonyl (C=O) groups excluding carboxylic acids is 1. The van der Waals surface area contributed by atoms with E-state index < -0.39 is 11.1 Å². The molecule has 0 aliphatic rings. The van der Waals surface area contributed by atoms with Crippen LogP contribution >= 0.6 is 11.8 Å². The lowest BCUT2D eigenvalue weighted by atomic mass is 10.2. The Hall–Kier alpha value is -3.07. The summed E-state index contributed by atoms with van der Waals surface area (Å²) in [6, 6.07) is 11.2. The van der Waals surface area contributed by atoms with Crippen molar-refractivity contribution >= 4 is 23.4 Å². The summed E-state index contributed by atoms with van der Waals surface area (Å²) in [6.07, 6.45) is 0. The van der Waals surface area contributed by atoms with E-state index in [9.17, 15) is 9.18 Å². The van der Waals surface area contributed by atoms with E-state index in [1.807, 2.05) is 0 Å². The van der Waals surface area contributed by atoms with E-state index in [-0.39, 0.29) is 22.7 Å². The van der Waals surface area contributed by atoms with Crippen molar-refractivity contribution in [1.82, 2.24) is 10.2 Å². The Morgan fingerprint density at radius 2 is 1.96 bits per heavy atom. The van der Waals surface area contributed by atoms with Gasteiger partial charge in [0.1, 0.15) is 17.3 Å². The zero-order valence-electron chi connectivity index (χ0n) is 15.4. The van der Waals surface area contributed by atoms with Gasteiger partial charge in [0.2, 0.25) is 5.91 Å². The molecule has 1 N–H and O–H groups in total. The molecule has 9 heteroatoms. The fraction of sp³-hybridized carbons (Fsp3) is 0.211. The second kappa shape index (κ2) is 8.75. The summed E-state index contributed by atoms with van der Waals surface area (Å²) >= 11 is 1.07. The van der Waals surface area contributed by atoms with Crippen molar-refractivity contribution in [2.75, 3.05) is 19.5 Å². The summed E-state index contributed by atoms with van der Waals surface area (Å²) in [7, 11) is 3.09. The monoisotopic (exact) mass is 403 g/mol. The molecule has 7 nitrogen and oxygen atoms in total. The maximum absolute atomic E-state index is 13.7. The molecular weight excluding hydrogens is 385 g/mol. The van der Waals surface area contributed by atoms with Crippen LogP contribution in [0.4, 0.5) is 10.1 Å². The summed E-state index contributed by atoms with van der Waals surface area (Å²) in [6.45, 7) is 1.67. The molecule has 1 amide bonds. The van der Waals surface area contributed by atoms with Gasteiger partial charge < -0.3 is 19.2 Å². The molecule has 0 bridgehead atoms. The van der Waals surface area contributed by atoms with Gasteiger partial charge in [-0.1, -0.05) is 23.9 Å². The average molecular weight is 403 g/mol. The summed E-state index contributed by atoms with van der Waals surface area (Å²) in [5, 5.41) is 10.1. The first-order valence-corrected chi connectivity index (χ1v) is 9.17. The molecule has 0 aliphatic carbocycles. The molecule has 3 aromatic rings. The molecule has 3 rings (SSSR count). The van der Waals surface area contributed by atoms with Crippen molar-refractivity contribution < 1.29 is 23.1 Å². The smallest absolute Gasteiger partial charge is 0.277 e. The van der Waals surface area contributed by atoms with Gasteiger partial charge in [-0.2, -0.15) is 0 Å². The number of thioether (sulfide) groups is 1. The van der Waals surface area contributed by atoms with Crippen molar-refractivity contribution in [3.8, 4) is 23.0 Å². The van der Waals surface area contributed by atoms with Gasteiger partial charge in [-0.25, -0.2) is 4.39 Å². The minimum atomic E-state index is -0.578. The number of benzene rings is 2. The summed E-state index contributed by atoms with van der Waals surface area (Å²) in [5.41, 5.74) is 0.722. The van der Waals surface area contributed by atoms with Crippen molar-refractivity contribution in [2.45, 2.75) is 17.4 Å². The molecule has 28 heavy (non-hydrogen) atoms. The lowest BCUT2D eigenvalue weighted by Gasteiger charge is -2.10. The van der Waals surface area contributed by atoms with Crippen LogP contribution in [0.15, 0.2) is 52.1 Å². The van der Waals surface area contributed by atoms with E-state index in [0.29, 0.717) is 17.1 Å². The normalized spacial score (nSPS) is 11.7. The number of para-hydroxylation sites is 1. The number of nitrogens with zero attached hydrogens (tertiary/aromatic N) is 2. The molecule has 0 unspecified atom stereocenters. The second-order valence-electron chi connectivity index (χ2n) is 5.67. The van der Waals surface area contributed by atoms with Gasteiger partial charge in [0.25, 0.3) is 11.1 Å². The SMILES string of the molecule is COc1ccc(-c2nnc(S[C@@H](C)C(=O)Nc3ccccc3F)o2)c(OC)c1. The zero-order chi connectivity index (χ0) is 20.1. The van der Waals surface area contributed by atoms with Crippen LogP contribution in [0.1, 0.15) is 6.92 Å². The summed E-state index contributed by atoms with van der Waals surface area (Å²) < 4.78 is 29.8. The largest absolute Gasteiger partial charge is 0.497 e. The number of rotatable bonds is 7. The third-order valence-corrected chi connectivity index (χ3v) is 4.76. The number of ether oxygens (including phenoxy) is 2. The first kappa shape index (κ1) is 19.7. The third-order valence-electron chi connectivity index (χ3n) is 3.82. The van der Waals surface area contributed by atoms with E-state index in [0.717, 1.165) is 11.8 Å². The molecule has 0 spiro atoms. The topological polar surface area (TPSA) is 86.5 Å². The Labute approximate surface area is 165 Å². The molecule has 1 atom stereocenters. The van der Waals surface area contributed by atoms with Crippen molar-refractivity contribution in [1.29, 1.82) is 0 Å². The third kappa shape index (κ3) is 4.42. The Balaban J connectivity index is 1.70. The molecular formula is C19H18FN3O4S. The maximum atomic E-state index is 13.7. The number of amides is 1. The number of aromatic nitrogens is 2. The molecule has 1 heterocycles. The predicted molar refractivity (Wildman–Crippen MR) is 103 cm³/mol. The molecule has 0 fully saturated rings. The Morgan fingerprint density at radius 3 is 2.68 bits per heavy atom. The Kier molecular flexibility index (Phi) is 6.15. The fourth-order valence-electron chi connectivity index (χ4n) is 2.34. The highest BCUT2D eigenvalue weighted by atomic mass is 32.2. The minimum absolute atomic E-state index is 0.120. The number of carbonyl (C=O) groups is 1. The van der Waals surface area contributed by atoms with E-state index in [2.05, 4.69) is 15.5 Å². The lowest BCUT2D eigenvalue weighted by molar-refractivity contribution is -0.115. The number of methoxy groups -OCH3 is 2. The van der Waals surface area contributed by atoms with Crippen molar-refractivity contribution in [2.24, 2.45) is 0 Å². The van der Waals surface area contributed by atoms with Crippen LogP contribution < -0.4 is 14.8 Å². The lowest BCUT2D eigenvalue weighted by Crippen LogP contribution is -2.22. The number of hydrogen-bond donors (Lipinski definition) is 1. The predicted octanol–water partition coefficient (Wildman–Crippen LogP) is 4.01. The summed E-state index contributed by atoms with van der Waals surface area (Å²) in [5.74, 6) is 0.526. The van der Waals surface area contributed by atoms with Gasteiger partial charge in [0, 0.05) is 6.07 Å². The maximum Gasteiger partial charge on any atom is 0.277 e. The quantitative estimate of drug-likeness (QED) is 0.597. The van der Waals surface area contributed by atoms with Crippen LogP contribution in [0, 0.1) is 5.82 Å². The fourth-order valence-corrected chi connectivity index (χ4v) is 3.03. The van der Waals surface area contributed by atoms with Gasteiger partial charge >= 0.3 is 0 Å². The van der Waals surface area contributed by atoms with E-state index >= 15 is 0 Å². The molecule has 1 aromatic heterocycles. The molecule has 0 saturated carbocycles. The minimum Gasteiger partial charge on any atom is -0.497 e. The van der Waals surface area contributed by atoms with Crippen LogP contribution in [0.3, 0.4) is 0 Å². The zero-order valence-corrected chi connectivity index (χ0v) is 16.2. The van der Waals surface area contributed by atoms with E-state index in [1.165, 1.54) is 19.2 Å². The van der Waals surface area contributed by atoms with Gasteiger partial charge in [0.05, 0.1) is 30.7 Å². The first-order valence-electron chi connectivity index (χ1n) is 8.29. The number of anilines is 1. The van der Waals surface area contributed by atoms with Gasteiger partial charge in [0.15, 0.2) is 0 Å². The molecule has 2 aromatic carbocycles. The van der Waals surface area contributed by atoms with Crippen molar-refractivity contribution in [3.05, 3.63) is 48.3 Å². The van der Waals surface area contributed by atoms with Crippen molar-refractivity contribution in [3.63, 3.8) is 0 Å². The van der Waals surface area contributed by atoms with Gasteiger partial charge in [-0.05, 0) is 31.2 Å². The number of hydrogen-bond acceptors (Lipinski definition) is 7. The van der Waals surface area contributed by atoms with E-state index in [1.54, 1.807) is 44.4 Å². The Bertz CT molecular complexity index is 979. The first-order chi connectivity index (χ1) is 13.5. The van der Waals surface area contributed by atoms with Crippen LogP contribution in [0.2, 0.25) is 0 Å². The highest BCUT2D eigenvalue weighted by Gasteiger charge is 2.21. The van der Waals surface area contributed by atoms with Crippen LogP contribution in [0.5, 0.6) is 11.5 Å². The average Bonchev–Trinajstić information content (AvgIpc) is 3.17. The second-order valence-corrected chi connectivity index (χ2v) is 6.96. The number of halogens is 1. The van der Waals surface area contributed by atoms with Gasteiger partial charge in [-0.15, -0.1) is 10.2 Å². The van der Waals surface area contributed by atoms with Crippen LogP contribution in [-0.2, 0) is 4.79 Å². The van der Waals surface area contributed by atoms with Crippen LogP contribution in [-0.4, -0.2) is 35.6 Å². The standard InChI is InChI=1S/C19H18FN3O4S/c1-11(17(24)21-15-7-5-4-6-14(15)20)28-19-23-22-18(27-19)13-9-8-12(25-2)10-16(13)26-3/h4-11H,1-3H3,(H,21,24)/t11-/m0/s1. The van der Waals surface area contributed by atoms with E-state index in [4.69, 9.17) is 13.9 Å². The molecule has 0 aliphatic heterocycles. The molecule has 0 saturated heterocycles.